The second kappa shape index (κ2) is 7.74. The first-order chi connectivity index (χ1) is 13.8. The number of ether oxygens (including phenoxy) is 1. The summed E-state index contributed by atoms with van der Waals surface area (Å²) in [6, 6.07) is 7.75. The first-order valence-electron chi connectivity index (χ1n) is 9.75. The summed E-state index contributed by atoms with van der Waals surface area (Å²) < 4.78 is 44.2. The number of pyridine rings is 1. The highest BCUT2D eigenvalue weighted by Gasteiger charge is 2.41. The molecular weight excluding hydrogens is 385 g/mol. The van der Waals surface area contributed by atoms with Gasteiger partial charge in [-0.3, -0.25) is 0 Å². The predicted octanol–water partition coefficient (Wildman–Crippen LogP) is 4.87. The molecule has 1 N–H and O–H groups in total. The van der Waals surface area contributed by atoms with Gasteiger partial charge in [-0.15, -0.1) is 5.06 Å². The van der Waals surface area contributed by atoms with Crippen LogP contribution in [0.4, 0.5) is 13.2 Å². The van der Waals surface area contributed by atoms with Crippen LogP contribution in [0.5, 0.6) is 17.4 Å². The fourth-order valence-electron chi connectivity index (χ4n) is 4.15. The Morgan fingerprint density at radius 2 is 1.83 bits per heavy atom. The second-order valence-corrected chi connectivity index (χ2v) is 7.76. The van der Waals surface area contributed by atoms with E-state index in [1.165, 1.54) is 6.07 Å². The Bertz CT molecular complexity index is 843. The van der Waals surface area contributed by atoms with E-state index in [2.05, 4.69) is 4.98 Å². The predicted molar refractivity (Wildman–Crippen MR) is 99.6 cm³/mol. The number of aryl methyl sites for hydroxylation is 1. The summed E-state index contributed by atoms with van der Waals surface area (Å²) >= 11 is 0. The minimum absolute atomic E-state index is 0.0562. The first-order valence-corrected chi connectivity index (χ1v) is 9.75. The molecule has 0 spiro atoms. The van der Waals surface area contributed by atoms with E-state index < -0.39 is 11.7 Å². The summed E-state index contributed by atoms with van der Waals surface area (Å²) in [5.41, 5.74) is 0.161. The quantitative estimate of drug-likeness (QED) is 0.782. The van der Waals surface area contributed by atoms with Crippen molar-refractivity contribution in [1.29, 1.82) is 0 Å². The lowest BCUT2D eigenvalue weighted by molar-refractivity contribution is -0.185. The Labute approximate surface area is 167 Å². The average molecular weight is 408 g/mol. The van der Waals surface area contributed by atoms with Gasteiger partial charge < -0.3 is 14.7 Å². The van der Waals surface area contributed by atoms with E-state index in [1.54, 1.807) is 12.1 Å². The van der Waals surface area contributed by atoms with E-state index in [0.29, 0.717) is 18.6 Å². The van der Waals surface area contributed by atoms with Gasteiger partial charge in [0, 0.05) is 37.2 Å². The number of nitrogens with zero attached hydrogens (tertiary/aromatic N) is 2. The number of hydrogen-bond acceptors (Lipinski definition) is 5. The Kier molecular flexibility index (Phi) is 5.29. The molecule has 2 saturated heterocycles. The van der Waals surface area contributed by atoms with Crippen molar-refractivity contribution in [1.82, 2.24) is 10.0 Å². The molecule has 8 heteroatoms. The molecule has 3 atom stereocenters. The van der Waals surface area contributed by atoms with Crippen LogP contribution in [0, 0.1) is 6.92 Å². The molecule has 2 aromatic rings. The van der Waals surface area contributed by atoms with Crippen LogP contribution in [0.3, 0.4) is 0 Å². The minimum Gasteiger partial charge on any atom is -0.504 e. The summed E-state index contributed by atoms with van der Waals surface area (Å²) in [5.74, 6) is 0.755. The van der Waals surface area contributed by atoms with Gasteiger partial charge >= 0.3 is 6.18 Å². The number of phenolic OH excluding ortho intramolecular Hbond substituents is 1. The fraction of sp³-hybridized carbons (Fsp3) is 0.476. The third kappa shape index (κ3) is 4.42. The monoisotopic (exact) mass is 408 g/mol. The number of piperidine rings is 2. The molecule has 0 unspecified atom stereocenters. The maximum absolute atomic E-state index is 12.7. The number of phenols is 1. The molecule has 0 aliphatic carbocycles. The van der Waals surface area contributed by atoms with Gasteiger partial charge in [-0.1, -0.05) is 12.5 Å². The highest BCUT2D eigenvalue weighted by molar-refractivity contribution is 5.41. The lowest BCUT2D eigenvalue weighted by atomic mass is 9.84. The Hall–Kier alpha value is -2.48. The van der Waals surface area contributed by atoms with Gasteiger partial charge in [0.05, 0.1) is 5.56 Å². The van der Waals surface area contributed by atoms with Crippen molar-refractivity contribution >= 4 is 0 Å². The molecule has 0 radical (unpaired) electrons. The van der Waals surface area contributed by atoms with E-state index in [4.69, 9.17) is 9.57 Å². The van der Waals surface area contributed by atoms with Crippen molar-refractivity contribution in [3.05, 3.63) is 47.7 Å². The van der Waals surface area contributed by atoms with Crippen LogP contribution in [0.1, 0.15) is 43.2 Å². The highest BCUT2D eigenvalue weighted by atomic mass is 19.4. The largest absolute Gasteiger partial charge is 0.504 e. The van der Waals surface area contributed by atoms with Gasteiger partial charge in [-0.25, -0.2) is 4.98 Å². The van der Waals surface area contributed by atoms with Crippen molar-refractivity contribution in [2.75, 3.05) is 0 Å². The van der Waals surface area contributed by atoms with Crippen LogP contribution >= 0.6 is 0 Å². The smallest absolute Gasteiger partial charge is 0.417 e. The van der Waals surface area contributed by atoms with Gasteiger partial charge in [0.2, 0.25) is 5.88 Å². The maximum Gasteiger partial charge on any atom is 0.417 e. The number of benzene rings is 1. The van der Waals surface area contributed by atoms with Crippen molar-refractivity contribution in [2.45, 2.75) is 63.4 Å². The first kappa shape index (κ1) is 19.8. The number of aromatic hydroxyl groups is 1. The Morgan fingerprint density at radius 3 is 2.41 bits per heavy atom. The standard InChI is InChI=1S/C21H23F3N2O3/c1-13-5-7-19(18(27)9-13)28-17-10-15-3-2-4-16(11-17)26(15)29-20-8-6-14(12-25-20)21(22,23)24/h5-9,12,15-17,27H,2-4,10-11H2,1H3/t15-,16+,17+. The van der Waals surface area contributed by atoms with E-state index in [-0.39, 0.29) is 29.8 Å². The van der Waals surface area contributed by atoms with Gasteiger partial charge in [-0.05, 0) is 43.5 Å². The second-order valence-electron chi connectivity index (χ2n) is 7.76. The zero-order chi connectivity index (χ0) is 20.6. The molecule has 0 saturated carbocycles. The third-order valence-electron chi connectivity index (χ3n) is 5.54. The summed E-state index contributed by atoms with van der Waals surface area (Å²) in [7, 11) is 0. The molecule has 1 aromatic carbocycles. The number of aromatic nitrogens is 1. The van der Waals surface area contributed by atoms with Gasteiger partial charge in [-0.2, -0.15) is 13.2 Å². The highest BCUT2D eigenvalue weighted by Crippen LogP contribution is 2.38. The molecule has 3 heterocycles. The SMILES string of the molecule is Cc1ccc(O[C@H]2C[C@H]3CCC[C@@H](C2)N3Oc2ccc(C(F)(F)F)cn2)c(O)c1. The molecule has 5 nitrogen and oxygen atoms in total. The molecule has 29 heavy (non-hydrogen) atoms. The lowest BCUT2D eigenvalue weighted by Gasteiger charge is -2.46. The van der Waals surface area contributed by atoms with Crippen LogP contribution in [0.15, 0.2) is 36.5 Å². The van der Waals surface area contributed by atoms with Gasteiger partial charge in [0.15, 0.2) is 11.5 Å². The van der Waals surface area contributed by atoms with E-state index in [9.17, 15) is 18.3 Å². The third-order valence-corrected chi connectivity index (χ3v) is 5.54. The van der Waals surface area contributed by atoms with E-state index >= 15 is 0 Å². The molecule has 2 bridgehead atoms. The Balaban J connectivity index is 1.43. The van der Waals surface area contributed by atoms with Crippen LogP contribution < -0.4 is 9.57 Å². The van der Waals surface area contributed by atoms with Crippen molar-refractivity contribution < 1.29 is 27.9 Å². The zero-order valence-corrected chi connectivity index (χ0v) is 16.0. The van der Waals surface area contributed by atoms with Crippen LogP contribution in [-0.4, -0.2) is 33.3 Å². The lowest BCUT2D eigenvalue weighted by Crippen LogP contribution is -2.55. The zero-order valence-electron chi connectivity index (χ0n) is 16.0. The normalized spacial score (nSPS) is 24.9. The maximum atomic E-state index is 12.7. The van der Waals surface area contributed by atoms with E-state index in [0.717, 1.165) is 37.1 Å². The molecule has 0 amide bonds. The average Bonchev–Trinajstić information content (AvgIpc) is 2.64. The number of hydroxylamine groups is 2. The number of fused-ring (bicyclic) bond motifs is 2. The number of hydrogen-bond donors (Lipinski definition) is 1. The Morgan fingerprint density at radius 1 is 1.10 bits per heavy atom. The summed E-state index contributed by atoms with van der Waals surface area (Å²) in [5, 5.41) is 12.0. The van der Waals surface area contributed by atoms with Gasteiger partial charge in [0.1, 0.15) is 6.10 Å². The van der Waals surface area contributed by atoms with Crippen molar-refractivity contribution in [3.8, 4) is 17.4 Å². The molecular formula is C21H23F3N2O3. The van der Waals surface area contributed by atoms with Gasteiger partial charge in [0.25, 0.3) is 0 Å². The van der Waals surface area contributed by atoms with Crippen molar-refractivity contribution in [2.24, 2.45) is 0 Å². The summed E-state index contributed by atoms with van der Waals surface area (Å²) in [6.45, 7) is 1.90. The number of rotatable bonds is 4. The van der Waals surface area contributed by atoms with Crippen LogP contribution in [0.25, 0.3) is 0 Å². The molecule has 2 aliphatic rings. The summed E-state index contributed by atoms with van der Waals surface area (Å²) in [4.78, 5) is 9.70. The molecule has 1 aromatic heterocycles. The number of halogens is 3. The molecule has 156 valence electrons. The van der Waals surface area contributed by atoms with Crippen molar-refractivity contribution in [3.63, 3.8) is 0 Å². The topological polar surface area (TPSA) is 54.8 Å². The molecule has 2 aliphatic heterocycles. The number of alkyl halides is 3. The minimum atomic E-state index is -4.42. The van der Waals surface area contributed by atoms with E-state index in [1.807, 2.05) is 18.1 Å². The molecule has 2 fully saturated rings. The summed E-state index contributed by atoms with van der Waals surface area (Å²) in [6.07, 6.45) is 0.639. The van der Waals surface area contributed by atoms with Crippen LogP contribution in [0.2, 0.25) is 0 Å². The van der Waals surface area contributed by atoms with Crippen LogP contribution in [-0.2, 0) is 6.18 Å². The fourth-order valence-corrected chi connectivity index (χ4v) is 4.15. The molecule has 4 rings (SSSR count).